The Bertz CT molecular complexity index is 734. The lowest BCUT2D eigenvalue weighted by atomic mass is 9.94. The molecule has 1 aromatic carbocycles. The Balaban J connectivity index is 2.17. The number of carbonyl (C=O) groups is 2. The molecule has 1 aromatic heterocycles. The van der Waals surface area contributed by atoms with E-state index < -0.39 is 11.6 Å². The quantitative estimate of drug-likeness (QED) is 0.698. The molecule has 0 aliphatic rings. The Morgan fingerprint density at radius 1 is 1.19 bits per heavy atom. The van der Waals surface area contributed by atoms with Gasteiger partial charge in [0.05, 0.1) is 12.5 Å². The predicted molar refractivity (Wildman–Crippen MR) is 93.6 cm³/mol. The number of carbonyl (C=O) groups excluding carboxylic acids is 2. The van der Waals surface area contributed by atoms with Crippen molar-refractivity contribution in [1.29, 1.82) is 0 Å². The number of esters is 2. The van der Waals surface area contributed by atoms with E-state index in [9.17, 15) is 9.59 Å². The topological polar surface area (TPSA) is 91.5 Å². The number of rotatable bonds is 7. The van der Waals surface area contributed by atoms with Crippen LogP contribution in [0, 0.1) is 0 Å². The highest BCUT2D eigenvalue weighted by atomic mass is 16.6. The zero-order valence-corrected chi connectivity index (χ0v) is 15.5. The van der Waals surface area contributed by atoms with E-state index in [2.05, 4.69) is 10.1 Å². The summed E-state index contributed by atoms with van der Waals surface area (Å²) >= 11 is 0. The van der Waals surface area contributed by atoms with Crippen LogP contribution < -0.4 is 0 Å². The van der Waals surface area contributed by atoms with Gasteiger partial charge in [-0.15, -0.1) is 0 Å². The minimum atomic E-state index is -0.638. The van der Waals surface area contributed by atoms with Crippen LogP contribution in [0.2, 0.25) is 0 Å². The maximum absolute atomic E-state index is 12.1. The molecule has 2 rings (SSSR count). The minimum absolute atomic E-state index is 0.125. The normalized spacial score (nSPS) is 12.5. The summed E-state index contributed by atoms with van der Waals surface area (Å²) in [6.45, 7) is 7.39. The Labute approximate surface area is 152 Å². The molecule has 0 radical (unpaired) electrons. The SMILES string of the molecule is CCOC(=O)c1noc(C(CCC(=O)OC(C)(C)C)c2ccccc2)n1. The first kappa shape index (κ1) is 19.6. The van der Waals surface area contributed by atoms with Crippen LogP contribution in [-0.2, 0) is 14.3 Å². The Hall–Kier alpha value is -2.70. The minimum Gasteiger partial charge on any atom is -0.460 e. The maximum atomic E-state index is 12.1. The van der Waals surface area contributed by atoms with Gasteiger partial charge in [0.1, 0.15) is 5.60 Å². The van der Waals surface area contributed by atoms with Crippen LogP contribution in [0.5, 0.6) is 0 Å². The summed E-state index contributed by atoms with van der Waals surface area (Å²) in [7, 11) is 0. The van der Waals surface area contributed by atoms with E-state index in [1.807, 2.05) is 51.1 Å². The van der Waals surface area contributed by atoms with Gasteiger partial charge >= 0.3 is 11.9 Å². The van der Waals surface area contributed by atoms with E-state index >= 15 is 0 Å². The first-order valence-electron chi connectivity index (χ1n) is 8.57. The average Bonchev–Trinajstić information content (AvgIpc) is 3.04. The van der Waals surface area contributed by atoms with Crippen LogP contribution >= 0.6 is 0 Å². The van der Waals surface area contributed by atoms with Gasteiger partial charge in [0.2, 0.25) is 5.89 Å². The van der Waals surface area contributed by atoms with Crippen LogP contribution in [0.25, 0.3) is 0 Å². The number of hydrogen-bond acceptors (Lipinski definition) is 7. The second-order valence-electron chi connectivity index (χ2n) is 6.77. The zero-order chi connectivity index (χ0) is 19.2. The number of aromatic nitrogens is 2. The summed E-state index contributed by atoms with van der Waals surface area (Å²) in [5.74, 6) is -1.12. The van der Waals surface area contributed by atoms with Gasteiger partial charge in [0.15, 0.2) is 0 Å². The van der Waals surface area contributed by atoms with E-state index in [0.717, 1.165) is 5.56 Å². The molecule has 0 saturated carbocycles. The van der Waals surface area contributed by atoms with Gasteiger partial charge in [-0.2, -0.15) is 4.98 Å². The van der Waals surface area contributed by atoms with Crippen molar-refractivity contribution in [2.45, 2.75) is 52.1 Å². The molecule has 1 unspecified atom stereocenters. The third-order valence-corrected chi connectivity index (χ3v) is 3.46. The van der Waals surface area contributed by atoms with Crippen LogP contribution in [0.1, 0.15) is 68.5 Å². The van der Waals surface area contributed by atoms with Crippen molar-refractivity contribution in [3.05, 3.63) is 47.6 Å². The molecular weight excluding hydrogens is 336 g/mol. The smallest absolute Gasteiger partial charge is 0.379 e. The first-order valence-corrected chi connectivity index (χ1v) is 8.57. The van der Waals surface area contributed by atoms with Crippen molar-refractivity contribution < 1.29 is 23.6 Å². The molecule has 2 aromatic rings. The van der Waals surface area contributed by atoms with Gasteiger partial charge in [-0.1, -0.05) is 30.3 Å². The highest BCUT2D eigenvalue weighted by molar-refractivity contribution is 5.84. The second kappa shape index (κ2) is 8.60. The van der Waals surface area contributed by atoms with Crippen molar-refractivity contribution in [2.24, 2.45) is 0 Å². The summed E-state index contributed by atoms with van der Waals surface area (Å²) in [5, 5.41) is 3.69. The fourth-order valence-corrected chi connectivity index (χ4v) is 2.43. The van der Waals surface area contributed by atoms with Gasteiger partial charge in [-0.05, 0) is 44.8 Å². The molecule has 0 saturated heterocycles. The molecule has 0 bridgehead atoms. The van der Waals surface area contributed by atoms with Crippen molar-refractivity contribution in [2.75, 3.05) is 6.61 Å². The Morgan fingerprint density at radius 3 is 2.50 bits per heavy atom. The van der Waals surface area contributed by atoms with Crippen LogP contribution in [0.15, 0.2) is 34.9 Å². The van der Waals surface area contributed by atoms with Gasteiger partial charge in [0, 0.05) is 6.42 Å². The summed E-state index contributed by atoms with van der Waals surface area (Å²) in [5.41, 5.74) is 0.371. The van der Waals surface area contributed by atoms with Crippen LogP contribution in [0.3, 0.4) is 0 Å². The lowest BCUT2D eigenvalue weighted by Gasteiger charge is -2.20. The van der Waals surface area contributed by atoms with E-state index in [0.29, 0.717) is 6.42 Å². The van der Waals surface area contributed by atoms with E-state index in [-0.39, 0.29) is 36.6 Å². The second-order valence-corrected chi connectivity index (χ2v) is 6.77. The predicted octanol–water partition coefficient (Wildman–Crippen LogP) is 3.50. The van der Waals surface area contributed by atoms with Gasteiger partial charge in [-0.25, -0.2) is 4.79 Å². The number of hydrogen-bond donors (Lipinski definition) is 0. The van der Waals surface area contributed by atoms with E-state index in [1.165, 1.54) is 0 Å². The number of nitrogens with zero attached hydrogens (tertiary/aromatic N) is 2. The molecule has 0 aliphatic carbocycles. The first-order chi connectivity index (χ1) is 12.3. The summed E-state index contributed by atoms with van der Waals surface area (Å²) in [4.78, 5) is 28.0. The zero-order valence-electron chi connectivity index (χ0n) is 15.5. The van der Waals surface area contributed by atoms with Gasteiger partial charge in [-0.3, -0.25) is 4.79 Å². The van der Waals surface area contributed by atoms with Gasteiger partial charge in [0.25, 0.3) is 5.82 Å². The maximum Gasteiger partial charge on any atom is 0.379 e. The number of ether oxygens (including phenoxy) is 2. The summed E-state index contributed by atoms with van der Waals surface area (Å²) in [6.07, 6.45) is 0.608. The molecule has 0 fully saturated rings. The molecule has 7 nitrogen and oxygen atoms in total. The number of benzene rings is 1. The molecule has 0 aliphatic heterocycles. The molecule has 1 heterocycles. The highest BCUT2D eigenvalue weighted by Crippen LogP contribution is 2.28. The van der Waals surface area contributed by atoms with E-state index in [1.54, 1.807) is 6.92 Å². The third-order valence-electron chi connectivity index (χ3n) is 3.46. The van der Waals surface area contributed by atoms with Crippen molar-refractivity contribution in [1.82, 2.24) is 10.1 Å². The largest absolute Gasteiger partial charge is 0.460 e. The van der Waals surface area contributed by atoms with E-state index in [4.69, 9.17) is 14.0 Å². The highest BCUT2D eigenvalue weighted by Gasteiger charge is 2.26. The third kappa shape index (κ3) is 5.68. The Morgan fingerprint density at radius 2 is 1.88 bits per heavy atom. The lowest BCUT2D eigenvalue weighted by Crippen LogP contribution is -2.24. The standard InChI is InChI=1S/C19H24N2O5/c1-5-24-18(23)16-20-17(26-21-16)14(13-9-7-6-8-10-13)11-12-15(22)25-19(2,3)4/h6-10,14H,5,11-12H2,1-4H3. The average molecular weight is 360 g/mol. The molecular formula is C19H24N2O5. The molecule has 0 amide bonds. The fraction of sp³-hybridized carbons (Fsp3) is 0.474. The van der Waals surface area contributed by atoms with Crippen LogP contribution in [-0.4, -0.2) is 34.3 Å². The van der Waals surface area contributed by atoms with Crippen molar-refractivity contribution in [3.8, 4) is 0 Å². The molecule has 26 heavy (non-hydrogen) atoms. The molecule has 7 heteroatoms. The summed E-state index contributed by atoms with van der Waals surface area (Å²) < 4.78 is 15.5. The van der Waals surface area contributed by atoms with Crippen LogP contribution in [0.4, 0.5) is 0 Å². The fourth-order valence-electron chi connectivity index (χ4n) is 2.43. The summed E-state index contributed by atoms with van der Waals surface area (Å²) in [6, 6.07) is 9.49. The van der Waals surface area contributed by atoms with Crippen molar-refractivity contribution >= 4 is 11.9 Å². The van der Waals surface area contributed by atoms with Crippen molar-refractivity contribution in [3.63, 3.8) is 0 Å². The molecule has 140 valence electrons. The van der Waals surface area contributed by atoms with Gasteiger partial charge < -0.3 is 14.0 Å². The Kier molecular flexibility index (Phi) is 6.49. The molecule has 0 N–H and O–H groups in total. The molecule has 0 spiro atoms. The monoisotopic (exact) mass is 360 g/mol. The lowest BCUT2D eigenvalue weighted by molar-refractivity contribution is -0.155. The molecule has 1 atom stereocenters.